The van der Waals surface area contributed by atoms with Crippen LogP contribution in [0.4, 0.5) is 0 Å². The molecule has 180 valence electrons. The van der Waals surface area contributed by atoms with Gasteiger partial charge >= 0.3 is 0 Å². The van der Waals surface area contributed by atoms with Gasteiger partial charge in [0.05, 0.1) is 12.4 Å². The molecule has 10 nitrogen and oxygen atoms in total. The van der Waals surface area contributed by atoms with E-state index in [4.69, 9.17) is 9.47 Å². The second-order valence-corrected chi connectivity index (χ2v) is 8.04. The Hall–Kier alpha value is -4.34. The first-order valence-corrected chi connectivity index (χ1v) is 11.2. The molecule has 2 heterocycles. The van der Waals surface area contributed by atoms with Crippen molar-refractivity contribution in [3.8, 4) is 11.5 Å². The molecule has 35 heavy (non-hydrogen) atoms. The van der Waals surface area contributed by atoms with Gasteiger partial charge < -0.3 is 9.47 Å². The van der Waals surface area contributed by atoms with Gasteiger partial charge in [-0.1, -0.05) is 10.4 Å². The fourth-order valence-electron chi connectivity index (χ4n) is 3.31. The Morgan fingerprint density at radius 1 is 0.686 bits per heavy atom. The van der Waals surface area contributed by atoms with E-state index in [-0.39, 0.29) is 11.6 Å². The molecular weight excluding hydrogens is 448 g/mol. The highest BCUT2D eigenvalue weighted by molar-refractivity contribution is 5.94. The van der Waals surface area contributed by atoms with Gasteiger partial charge in [-0.2, -0.15) is 0 Å². The number of carbonyl (C=O) groups excluding carboxylic acids is 2. The van der Waals surface area contributed by atoms with Gasteiger partial charge in [0.1, 0.15) is 36.1 Å². The van der Waals surface area contributed by atoms with E-state index in [1.165, 1.54) is 13.8 Å². The van der Waals surface area contributed by atoms with Crippen molar-refractivity contribution >= 4 is 11.6 Å². The van der Waals surface area contributed by atoms with E-state index >= 15 is 0 Å². The van der Waals surface area contributed by atoms with Crippen molar-refractivity contribution in [3.05, 3.63) is 83.4 Å². The van der Waals surface area contributed by atoms with Gasteiger partial charge in [0.2, 0.25) is 0 Å². The number of aromatic nitrogens is 6. The third-order valence-electron chi connectivity index (χ3n) is 5.24. The minimum absolute atomic E-state index is 0.0206. The lowest BCUT2D eigenvalue weighted by molar-refractivity contribution is 0.100. The summed E-state index contributed by atoms with van der Waals surface area (Å²) in [5.74, 6) is 1.38. The molecule has 4 aromatic rings. The summed E-state index contributed by atoms with van der Waals surface area (Å²) in [6.07, 6.45) is 4.50. The zero-order valence-corrected chi connectivity index (χ0v) is 19.6. The molecule has 10 heteroatoms. The van der Waals surface area contributed by atoms with Crippen LogP contribution in [0, 0.1) is 0 Å². The van der Waals surface area contributed by atoms with Crippen LogP contribution in [0.25, 0.3) is 0 Å². The van der Waals surface area contributed by atoms with Crippen molar-refractivity contribution in [3.63, 3.8) is 0 Å². The third kappa shape index (κ3) is 6.83. The minimum atomic E-state index is 0.0206. The molecule has 2 aromatic carbocycles. The molecule has 0 saturated heterocycles. The van der Waals surface area contributed by atoms with Gasteiger partial charge in [-0.15, -0.1) is 10.2 Å². The topological polar surface area (TPSA) is 114 Å². The number of ketones is 2. The van der Waals surface area contributed by atoms with Crippen molar-refractivity contribution in [1.82, 2.24) is 30.0 Å². The third-order valence-corrected chi connectivity index (χ3v) is 5.24. The maximum Gasteiger partial charge on any atom is 0.159 e. The molecule has 0 unspecified atom stereocenters. The molecule has 0 aliphatic heterocycles. The van der Waals surface area contributed by atoms with E-state index in [2.05, 4.69) is 20.6 Å². The van der Waals surface area contributed by atoms with Crippen LogP contribution >= 0.6 is 0 Å². The Kier molecular flexibility index (Phi) is 7.61. The van der Waals surface area contributed by atoms with Gasteiger partial charge in [0.25, 0.3) is 0 Å². The van der Waals surface area contributed by atoms with Gasteiger partial charge in [0, 0.05) is 24.2 Å². The summed E-state index contributed by atoms with van der Waals surface area (Å²) in [5.41, 5.74) is 2.74. The number of carbonyl (C=O) groups is 2. The van der Waals surface area contributed by atoms with Crippen molar-refractivity contribution < 1.29 is 19.1 Å². The fraction of sp³-hybridized carbons (Fsp3) is 0.280. The van der Waals surface area contributed by atoms with Crippen LogP contribution < -0.4 is 9.47 Å². The molecule has 0 saturated carbocycles. The lowest BCUT2D eigenvalue weighted by atomic mass is 10.1. The highest BCUT2D eigenvalue weighted by atomic mass is 16.5. The number of nitrogens with zero attached hydrogens (tertiary/aromatic N) is 6. The molecule has 0 bridgehead atoms. The predicted molar refractivity (Wildman–Crippen MR) is 126 cm³/mol. The smallest absolute Gasteiger partial charge is 0.159 e. The van der Waals surface area contributed by atoms with Crippen LogP contribution in [0.3, 0.4) is 0 Å². The summed E-state index contributed by atoms with van der Waals surface area (Å²) < 4.78 is 15.0. The summed E-state index contributed by atoms with van der Waals surface area (Å²) in [4.78, 5) is 22.7. The fourth-order valence-corrected chi connectivity index (χ4v) is 3.31. The SMILES string of the molecule is CC(=O)c1ccc(OCc2cn(CCCn3cc(COc4ccc(C(C)=O)cc4)nn3)nn2)cc1. The second-order valence-electron chi connectivity index (χ2n) is 8.04. The quantitative estimate of drug-likeness (QED) is 0.287. The molecule has 0 spiro atoms. The summed E-state index contributed by atoms with van der Waals surface area (Å²) in [7, 11) is 0. The molecule has 0 aliphatic rings. The maximum absolute atomic E-state index is 11.3. The number of rotatable bonds is 12. The number of aryl methyl sites for hydroxylation is 2. The average Bonchev–Trinajstić information content (AvgIpc) is 3.51. The Morgan fingerprint density at radius 3 is 1.46 bits per heavy atom. The summed E-state index contributed by atoms with van der Waals surface area (Å²) in [6, 6.07) is 14.0. The number of Topliss-reactive ketones (excluding diaryl/α,β-unsaturated/α-hetero) is 2. The first-order chi connectivity index (χ1) is 17.0. The molecule has 0 amide bonds. The Balaban J connectivity index is 1.18. The van der Waals surface area contributed by atoms with E-state index < -0.39 is 0 Å². The van der Waals surface area contributed by atoms with Crippen LogP contribution in [0.2, 0.25) is 0 Å². The highest BCUT2D eigenvalue weighted by Crippen LogP contribution is 2.15. The zero-order valence-electron chi connectivity index (χ0n) is 19.6. The standard InChI is InChI=1S/C25H26N6O4/c1-18(32)20-4-8-24(9-5-20)34-16-22-14-30(28-26-22)12-3-13-31-15-23(27-29-31)17-35-25-10-6-21(7-11-25)19(2)33/h4-11,14-15H,3,12-13,16-17H2,1-2H3. The normalized spacial score (nSPS) is 10.8. The summed E-state index contributed by atoms with van der Waals surface area (Å²) >= 11 is 0. The molecule has 0 fully saturated rings. The van der Waals surface area contributed by atoms with Gasteiger partial charge in [-0.25, -0.2) is 0 Å². The molecule has 0 N–H and O–H groups in total. The Morgan fingerprint density at radius 2 is 1.09 bits per heavy atom. The molecule has 2 aromatic heterocycles. The highest BCUT2D eigenvalue weighted by Gasteiger charge is 2.06. The lowest BCUT2D eigenvalue weighted by Crippen LogP contribution is -2.05. The van der Waals surface area contributed by atoms with Crippen LogP contribution in [-0.2, 0) is 26.3 Å². The van der Waals surface area contributed by atoms with Crippen LogP contribution in [-0.4, -0.2) is 41.6 Å². The van der Waals surface area contributed by atoms with E-state index in [0.717, 1.165) is 17.8 Å². The van der Waals surface area contributed by atoms with Gasteiger partial charge in [-0.05, 0) is 68.8 Å². The van der Waals surface area contributed by atoms with Crippen molar-refractivity contribution in [2.75, 3.05) is 0 Å². The second kappa shape index (κ2) is 11.2. The number of benzene rings is 2. The first kappa shape index (κ1) is 23.8. The number of hydrogen-bond donors (Lipinski definition) is 0. The van der Waals surface area contributed by atoms with E-state index in [9.17, 15) is 9.59 Å². The van der Waals surface area contributed by atoms with E-state index in [0.29, 0.717) is 48.9 Å². The Labute approximate surface area is 202 Å². The van der Waals surface area contributed by atoms with Crippen molar-refractivity contribution in [1.29, 1.82) is 0 Å². The van der Waals surface area contributed by atoms with Crippen molar-refractivity contribution in [2.24, 2.45) is 0 Å². The molecule has 4 rings (SSSR count). The minimum Gasteiger partial charge on any atom is -0.487 e. The lowest BCUT2D eigenvalue weighted by Gasteiger charge is -2.04. The first-order valence-electron chi connectivity index (χ1n) is 11.2. The average molecular weight is 475 g/mol. The molecule has 0 atom stereocenters. The van der Waals surface area contributed by atoms with Gasteiger partial charge in [0.15, 0.2) is 11.6 Å². The Bertz CT molecular complexity index is 1180. The molecule has 0 radical (unpaired) electrons. The van der Waals surface area contributed by atoms with Crippen LogP contribution in [0.1, 0.15) is 52.4 Å². The van der Waals surface area contributed by atoms with Crippen molar-refractivity contribution in [2.45, 2.75) is 46.6 Å². The number of hydrogen-bond acceptors (Lipinski definition) is 8. The summed E-state index contributed by atoms with van der Waals surface area (Å²) in [6.45, 7) is 5.00. The molecule has 0 aliphatic carbocycles. The zero-order chi connectivity index (χ0) is 24.6. The summed E-state index contributed by atoms with van der Waals surface area (Å²) in [5, 5.41) is 16.6. The van der Waals surface area contributed by atoms with E-state index in [1.54, 1.807) is 57.9 Å². The molecular formula is C25H26N6O4. The predicted octanol–water partition coefficient (Wildman–Crippen LogP) is 3.52. The van der Waals surface area contributed by atoms with E-state index in [1.807, 2.05) is 12.4 Å². The van der Waals surface area contributed by atoms with Crippen LogP contribution in [0.5, 0.6) is 11.5 Å². The number of ether oxygens (including phenoxy) is 2. The van der Waals surface area contributed by atoms with Gasteiger partial charge in [-0.3, -0.25) is 19.0 Å². The monoisotopic (exact) mass is 474 g/mol. The maximum atomic E-state index is 11.3. The van der Waals surface area contributed by atoms with Crippen LogP contribution in [0.15, 0.2) is 60.9 Å². The largest absolute Gasteiger partial charge is 0.487 e.